The SMILES string of the molecule is C=Cc1c(NC)ncnc1N1C=C([B]C)SCC1. The Morgan fingerprint density at radius 3 is 3.06 bits per heavy atom. The number of hydrogen-bond acceptors (Lipinski definition) is 5. The zero-order chi connectivity index (χ0) is 13.0. The molecule has 1 N–H and O–H groups in total. The fourth-order valence-corrected chi connectivity index (χ4v) is 2.74. The van der Waals surface area contributed by atoms with Gasteiger partial charge in [-0.1, -0.05) is 19.5 Å². The van der Waals surface area contributed by atoms with Gasteiger partial charge in [0.2, 0.25) is 0 Å². The van der Waals surface area contributed by atoms with Crippen LogP contribution in [-0.2, 0) is 0 Å². The predicted octanol–water partition coefficient (Wildman–Crippen LogP) is 2.27. The molecule has 1 aliphatic rings. The Kier molecular flexibility index (Phi) is 4.31. The summed E-state index contributed by atoms with van der Waals surface area (Å²) in [7, 11) is 3.97. The van der Waals surface area contributed by atoms with Crippen molar-refractivity contribution in [1.29, 1.82) is 0 Å². The Morgan fingerprint density at radius 2 is 2.39 bits per heavy atom. The molecular formula is C12H16BN4S. The number of hydrogen-bond donors (Lipinski definition) is 1. The molecule has 0 aliphatic carbocycles. The minimum atomic E-state index is 0.809. The predicted molar refractivity (Wildman–Crippen MR) is 81.2 cm³/mol. The van der Waals surface area contributed by atoms with Gasteiger partial charge in [-0.3, -0.25) is 0 Å². The van der Waals surface area contributed by atoms with Crippen LogP contribution >= 0.6 is 11.8 Å². The first kappa shape index (κ1) is 13.0. The van der Waals surface area contributed by atoms with E-state index in [1.165, 1.54) is 4.80 Å². The summed E-state index contributed by atoms with van der Waals surface area (Å²) in [6.07, 6.45) is 5.51. The molecule has 0 atom stereocenters. The number of rotatable bonds is 4. The lowest BCUT2D eigenvalue weighted by molar-refractivity contribution is 0.967. The second-order valence-corrected chi connectivity index (χ2v) is 4.94. The van der Waals surface area contributed by atoms with Crippen molar-refractivity contribution >= 4 is 36.8 Å². The van der Waals surface area contributed by atoms with Gasteiger partial charge < -0.3 is 10.2 Å². The molecule has 18 heavy (non-hydrogen) atoms. The molecular weight excluding hydrogens is 243 g/mol. The van der Waals surface area contributed by atoms with Crippen molar-refractivity contribution in [2.24, 2.45) is 0 Å². The van der Waals surface area contributed by atoms with Crippen LogP contribution in [0, 0.1) is 0 Å². The van der Waals surface area contributed by atoms with Gasteiger partial charge in [-0.05, 0) is 4.80 Å². The summed E-state index contributed by atoms with van der Waals surface area (Å²) in [5.41, 5.74) is 0.943. The fourth-order valence-electron chi connectivity index (χ4n) is 1.84. The van der Waals surface area contributed by atoms with Gasteiger partial charge in [-0.15, -0.1) is 11.8 Å². The van der Waals surface area contributed by atoms with Gasteiger partial charge in [0.05, 0.1) is 5.56 Å². The maximum atomic E-state index is 4.39. The van der Waals surface area contributed by atoms with Gasteiger partial charge in [-0.2, -0.15) is 0 Å². The normalized spacial score (nSPS) is 15.0. The van der Waals surface area contributed by atoms with Crippen molar-refractivity contribution in [1.82, 2.24) is 9.97 Å². The first-order valence-corrected chi connectivity index (χ1v) is 6.84. The summed E-state index contributed by atoms with van der Waals surface area (Å²) in [5, 5.41) is 3.07. The fraction of sp³-hybridized carbons (Fsp3) is 0.333. The molecule has 1 aromatic rings. The van der Waals surface area contributed by atoms with E-state index in [9.17, 15) is 0 Å². The second-order valence-electron chi connectivity index (χ2n) is 3.78. The molecule has 6 heteroatoms. The largest absolute Gasteiger partial charge is 0.372 e. The maximum absolute atomic E-state index is 4.39. The average Bonchev–Trinajstić information content (AvgIpc) is 2.46. The van der Waals surface area contributed by atoms with Gasteiger partial charge in [0.25, 0.3) is 0 Å². The van der Waals surface area contributed by atoms with E-state index < -0.39 is 0 Å². The van der Waals surface area contributed by atoms with Crippen LogP contribution in [0.5, 0.6) is 0 Å². The molecule has 0 unspecified atom stereocenters. The Bertz CT molecular complexity index is 475. The van der Waals surface area contributed by atoms with Crippen LogP contribution in [0.3, 0.4) is 0 Å². The highest BCUT2D eigenvalue weighted by Gasteiger charge is 2.17. The first-order chi connectivity index (χ1) is 8.80. The van der Waals surface area contributed by atoms with E-state index in [0.29, 0.717) is 0 Å². The van der Waals surface area contributed by atoms with E-state index in [4.69, 9.17) is 0 Å². The third kappa shape index (κ3) is 2.53. The average molecular weight is 259 g/mol. The minimum Gasteiger partial charge on any atom is -0.372 e. The van der Waals surface area contributed by atoms with Crippen molar-refractivity contribution in [3.05, 3.63) is 29.5 Å². The third-order valence-corrected chi connectivity index (χ3v) is 3.81. The zero-order valence-corrected chi connectivity index (χ0v) is 11.5. The molecule has 0 bridgehead atoms. The number of anilines is 2. The Labute approximate surface area is 113 Å². The molecule has 1 aromatic heterocycles. The summed E-state index contributed by atoms with van der Waals surface area (Å²) in [6, 6.07) is 0. The molecule has 2 heterocycles. The molecule has 0 spiro atoms. The van der Waals surface area contributed by atoms with E-state index >= 15 is 0 Å². The molecule has 1 aliphatic heterocycles. The number of nitrogens with zero attached hydrogens (tertiary/aromatic N) is 3. The molecule has 0 saturated carbocycles. The maximum Gasteiger partial charge on any atom is 0.159 e. The van der Waals surface area contributed by atoms with Crippen molar-refractivity contribution in [2.75, 3.05) is 29.6 Å². The summed E-state index contributed by atoms with van der Waals surface area (Å²) in [5.74, 6) is 2.78. The summed E-state index contributed by atoms with van der Waals surface area (Å²) in [4.78, 5) is 12.0. The smallest absolute Gasteiger partial charge is 0.159 e. The highest BCUT2D eigenvalue weighted by molar-refractivity contribution is 8.04. The molecule has 0 aromatic carbocycles. The van der Waals surface area contributed by atoms with Gasteiger partial charge in [0.1, 0.15) is 18.0 Å². The van der Waals surface area contributed by atoms with Crippen LogP contribution in [0.1, 0.15) is 5.56 Å². The van der Waals surface area contributed by atoms with E-state index in [1.807, 2.05) is 18.8 Å². The molecule has 0 fully saturated rings. The topological polar surface area (TPSA) is 41.1 Å². The van der Waals surface area contributed by atoms with E-state index in [1.54, 1.807) is 12.4 Å². The number of thioether (sulfide) groups is 1. The molecule has 93 valence electrons. The lowest BCUT2D eigenvalue weighted by Gasteiger charge is -2.27. The summed E-state index contributed by atoms with van der Waals surface area (Å²) >= 11 is 1.86. The Balaban J connectivity index is 2.41. The third-order valence-electron chi connectivity index (χ3n) is 2.74. The van der Waals surface area contributed by atoms with Crippen molar-refractivity contribution in [2.45, 2.75) is 6.82 Å². The second kappa shape index (κ2) is 5.95. The van der Waals surface area contributed by atoms with Crippen LogP contribution in [0.2, 0.25) is 6.82 Å². The molecule has 2 rings (SSSR count). The van der Waals surface area contributed by atoms with E-state index in [-0.39, 0.29) is 0 Å². The van der Waals surface area contributed by atoms with Crippen LogP contribution in [-0.4, -0.2) is 36.6 Å². The van der Waals surface area contributed by atoms with E-state index in [2.05, 4.69) is 47.1 Å². The quantitative estimate of drug-likeness (QED) is 0.840. The molecule has 4 nitrogen and oxygen atoms in total. The first-order valence-electron chi connectivity index (χ1n) is 5.86. The van der Waals surface area contributed by atoms with Gasteiger partial charge in [-0.25, -0.2) is 9.97 Å². The number of aromatic nitrogens is 2. The summed E-state index contributed by atoms with van der Waals surface area (Å²) in [6.45, 7) is 6.85. The molecule has 1 radical (unpaired) electrons. The Morgan fingerprint density at radius 1 is 1.56 bits per heavy atom. The van der Waals surface area contributed by atoms with Crippen molar-refractivity contribution in [3.63, 3.8) is 0 Å². The lowest BCUT2D eigenvalue weighted by Crippen LogP contribution is -2.26. The van der Waals surface area contributed by atoms with Crippen LogP contribution in [0.4, 0.5) is 11.6 Å². The van der Waals surface area contributed by atoms with Crippen LogP contribution in [0.25, 0.3) is 6.08 Å². The highest BCUT2D eigenvalue weighted by Crippen LogP contribution is 2.29. The summed E-state index contributed by atoms with van der Waals surface area (Å²) < 4.78 is 0. The van der Waals surface area contributed by atoms with Crippen LogP contribution < -0.4 is 10.2 Å². The van der Waals surface area contributed by atoms with Gasteiger partial charge in [0.15, 0.2) is 7.28 Å². The molecule has 0 saturated heterocycles. The highest BCUT2D eigenvalue weighted by atomic mass is 32.2. The number of nitrogens with one attached hydrogen (secondary N) is 1. The standard InChI is InChI=1S/C12H16BN4S/c1-4-9-11(14-3)15-8-16-12(9)17-5-6-18-10(7-17)13-2/h4,7-8H,1,5-6H2,2-3H3,(H,14,15,16). The van der Waals surface area contributed by atoms with Gasteiger partial charge >= 0.3 is 0 Å². The minimum absolute atomic E-state index is 0.809. The monoisotopic (exact) mass is 259 g/mol. The lowest BCUT2D eigenvalue weighted by atomic mass is 9.82. The zero-order valence-electron chi connectivity index (χ0n) is 10.7. The van der Waals surface area contributed by atoms with Crippen LogP contribution in [0.15, 0.2) is 23.9 Å². The Hall–Kier alpha value is -1.43. The molecule has 0 amide bonds. The van der Waals surface area contributed by atoms with Crippen molar-refractivity contribution in [3.8, 4) is 0 Å². The van der Waals surface area contributed by atoms with Crippen molar-refractivity contribution < 1.29 is 0 Å². The van der Waals surface area contributed by atoms with Gasteiger partial charge in [0, 0.05) is 25.5 Å². The van der Waals surface area contributed by atoms with E-state index in [0.717, 1.165) is 29.5 Å².